The summed E-state index contributed by atoms with van der Waals surface area (Å²) in [4.78, 5) is 24.1. The molecule has 0 spiro atoms. The highest BCUT2D eigenvalue weighted by atomic mass is 32.1. The van der Waals surface area contributed by atoms with Gasteiger partial charge < -0.3 is 10.1 Å². The summed E-state index contributed by atoms with van der Waals surface area (Å²) in [5.74, 6) is -0.269. The van der Waals surface area contributed by atoms with E-state index in [1.165, 1.54) is 29.4 Å². The molecule has 0 aliphatic carbocycles. The van der Waals surface area contributed by atoms with Crippen molar-refractivity contribution in [1.29, 1.82) is 0 Å². The van der Waals surface area contributed by atoms with E-state index < -0.39 is 5.82 Å². The second kappa shape index (κ2) is 9.84. The first-order valence-corrected chi connectivity index (χ1v) is 11.2. The zero-order valence-electron chi connectivity index (χ0n) is 17.8. The molecule has 6 nitrogen and oxygen atoms in total. The molecule has 4 aromatic rings. The smallest absolute Gasteiger partial charge is 0.255 e. The number of carbonyl (C=O) groups is 1. The average molecular weight is 451 g/mol. The van der Waals surface area contributed by atoms with E-state index in [9.17, 15) is 9.18 Å². The number of benzene rings is 1. The fourth-order valence-corrected chi connectivity index (χ4v) is 4.38. The third-order valence-corrected chi connectivity index (χ3v) is 6.18. The maximum atomic E-state index is 14.8. The molecule has 0 aliphatic rings. The Kier molecular flexibility index (Phi) is 6.72. The van der Waals surface area contributed by atoms with Gasteiger partial charge in [0.05, 0.1) is 10.2 Å². The fraction of sp³-hybridized carbons (Fsp3) is 0.208. The van der Waals surface area contributed by atoms with Crippen LogP contribution in [0.25, 0.3) is 10.2 Å². The summed E-state index contributed by atoms with van der Waals surface area (Å²) in [6.45, 7) is 7.05. The van der Waals surface area contributed by atoms with Crippen LogP contribution in [-0.4, -0.2) is 33.9 Å². The van der Waals surface area contributed by atoms with Crippen molar-refractivity contribution in [1.82, 2.24) is 14.9 Å². The quantitative estimate of drug-likeness (QED) is 0.372. The van der Waals surface area contributed by atoms with E-state index in [0.29, 0.717) is 17.0 Å². The Morgan fingerprint density at radius 2 is 1.84 bits per heavy atom. The van der Waals surface area contributed by atoms with Gasteiger partial charge in [-0.05, 0) is 43.4 Å². The van der Waals surface area contributed by atoms with E-state index in [0.717, 1.165) is 29.9 Å². The van der Waals surface area contributed by atoms with Crippen molar-refractivity contribution in [2.45, 2.75) is 20.4 Å². The average Bonchev–Trinajstić information content (AvgIpc) is 3.23. The van der Waals surface area contributed by atoms with Crippen LogP contribution in [0.4, 0.5) is 10.1 Å². The number of rotatable bonds is 8. The Labute approximate surface area is 189 Å². The molecular formula is C24H23FN4O2S. The third-order valence-electron chi connectivity index (χ3n) is 5.05. The number of nitrogens with zero attached hydrogens (tertiary/aromatic N) is 3. The van der Waals surface area contributed by atoms with Crippen molar-refractivity contribution >= 4 is 33.1 Å². The van der Waals surface area contributed by atoms with Crippen LogP contribution in [0.5, 0.6) is 11.5 Å². The molecule has 0 saturated heterocycles. The monoisotopic (exact) mass is 450 g/mol. The zero-order valence-corrected chi connectivity index (χ0v) is 18.7. The molecule has 0 atom stereocenters. The molecule has 0 bridgehead atoms. The van der Waals surface area contributed by atoms with Crippen LogP contribution in [0.2, 0.25) is 0 Å². The van der Waals surface area contributed by atoms with E-state index in [-0.39, 0.29) is 11.7 Å². The van der Waals surface area contributed by atoms with Gasteiger partial charge in [-0.3, -0.25) is 19.7 Å². The SMILES string of the molecule is CCN(CC)Cc1cc2nccc(Oc3ccc(NC(=O)c4ccncc4)cc3F)c2s1. The number of anilines is 1. The molecule has 3 aromatic heterocycles. The molecule has 0 aliphatic heterocycles. The highest BCUT2D eigenvalue weighted by molar-refractivity contribution is 7.19. The lowest BCUT2D eigenvalue weighted by Crippen LogP contribution is -2.21. The van der Waals surface area contributed by atoms with Crippen LogP contribution in [0.3, 0.4) is 0 Å². The Morgan fingerprint density at radius 3 is 2.56 bits per heavy atom. The van der Waals surface area contributed by atoms with Crippen LogP contribution in [0.1, 0.15) is 29.1 Å². The van der Waals surface area contributed by atoms with E-state index in [1.807, 2.05) is 0 Å². The largest absolute Gasteiger partial charge is 0.453 e. The highest BCUT2D eigenvalue weighted by Gasteiger charge is 2.14. The van der Waals surface area contributed by atoms with Gasteiger partial charge in [0.2, 0.25) is 0 Å². The van der Waals surface area contributed by atoms with Gasteiger partial charge in [-0.15, -0.1) is 11.3 Å². The normalized spacial score (nSPS) is 11.1. The van der Waals surface area contributed by atoms with Crippen molar-refractivity contribution in [3.05, 3.63) is 77.3 Å². The number of hydrogen-bond donors (Lipinski definition) is 1. The van der Waals surface area contributed by atoms with Crippen LogP contribution in [0, 0.1) is 5.82 Å². The topological polar surface area (TPSA) is 67.3 Å². The van der Waals surface area contributed by atoms with Gasteiger partial charge in [0.25, 0.3) is 5.91 Å². The second-order valence-corrected chi connectivity index (χ2v) is 8.27. The van der Waals surface area contributed by atoms with Crippen LogP contribution in [0.15, 0.2) is 61.1 Å². The Bertz CT molecular complexity index is 1230. The van der Waals surface area contributed by atoms with Gasteiger partial charge in [-0.2, -0.15) is 0 Å². The van der Waals surface area contributed by atoms with E-state index in [1.54, 1.807) is 41.8 Å². The van der Waals surface area contributed by atoms with Crippen molar-refractivity contribution in [2.24, 2.45) is 0 Å². The molecule has 0 unspecified atom stereocenters. The minimum Gasteiger partial charge on any atom is -0.453 e. The van der Waals surface area contributed by atoms with Crippen LogP contribution in [-0.2, 0) is 6.54 Å². The number of aromatic nitrogens is 2. The van der Waals surface area contributed by atoms with Crippen molar-refractivity contribution in [3.8, 4) is 11.5 Å². The highest BCUT2D eigenvalue weighted by Crippen LogP contribution is 2.36. The summed E-state index contributed by atoms with van der Waals surface area (Å²) in [7, 11) is 0. The number of halogens is 1. The number of nitrogens with one attached hydrogen (secondary N) is 1. The first kappa shape index (κ1) is 21.9. The summed E-state index contributed by atoms with van der Waals surface area (Å²) in [6.07, 6.45) is 4.71. The Balaban J connectivity index is 1.52. The number of thiophene rings is 1. The molecule has 164 valence electrons. The Hall–Kier alpha value is -3.36. The first-order chi connectivity index (χ1) is 15.6. The standard InChI is InChI=1S/C24H23FN4O2S/c1-3-29(4-2)15-18-14-20-23(32-18)22(9-12-27-20)31-21-6-5-17(13-19(21)25)28-24(30)16-7-10-26-11-8-16/h5-14H,3-4,15H2,1-2H3,(H,28,30). The molecule has 1 aromatic carbocycles. The second-order valence-electron chi connectivity index (χ2n) is 7.13. The van der Waals surface area contributed by atoms with Crippen molar-refractivity contribution in [3.63, 3.8) is 0 Å². The summed E-state index contributed by atoms with van der Waals surface area (Å²) in [6, 6.07) is 11.3. The number of hydrogen-bond acceptors (Lipinski definition) is 6. The Morgan fingerprint density at radius 1 is 1.06 bits per heavy atom. The van der Waals surface area contributed by atoms with Crippen LogP contribution >= 0.6 is 11.3 Å². The van der Waals surface area contributed by atoms with Gasteiger partial charge >= 0.3 is 0 Å². The lowest BCUT2D eigenvalue weighted by atomic mass is 10.2. The van der Waals surface area contributed by atoms with Gasteiger partial charge in [0.1, 0.15) is 5.75 Å². The van der Waals surface area contributed by atoms with Crippen LogP contribution < -0.4 is 10.1 Å². The minimum absolute atomic E-state index is 0.0816. The molecule has 0 fully saturated rings. The molecule has 1 N–H and O–H groups in total. The maximum absolute atomic E-state index is 14.8. The molecule has 0 radical (unpaired) electrons. The van der Waals surface area contributed by atoms with E-state index in [4.69, 9.17) is 4.74 Å². The maximum Gasteiger partial charge on any atom is 0.255 e. The molecule has 8 heteroatoms. The predicted octanol–water partition coefficient (Wildman–Crippen LogP) is 5.72. The molecule has 32 heavy (non-hydrogen) atoms. The lowest BCUT2D eigenvalue weighted by molar-refractivity contribution is 0.102. The van der Waals surface area contributed by atoms with Gasteiger partial charge in [0.15, 0.2) is 11.6 Å². The molecule has 1 amide bonds. The minimum atomic E-state index is -0.567. The molecule has 0 saturated carbocycles. The molecular weight excluding hydrogens is 427 g/mol. The number of amides is 1. The van der Waals surface area contributed by atoms with Gasteiger partial charge in [-0.1, -0.05) is 13.8 Å². The first-order valence-electron chi connectivity index (χ1n) is 10.4. The number of fused-ring (bicyclic) bond motifs is 1. The fourth-order valence-electron chi connectivity index (χ4n) is 3.28. The van der Waals surface area contributed by atoms with E-state index >= 15 is 0 Å². The summed E-state index contributed by atoms with van der Waals surface area (Å²) in [5, 5.41) is 2.68. The number of ether oxygens (including phenoxy) is 1. The summed E-state index contributed by atoms with van der Waals surface area (Å²) < 4.78 is 21.5. The predicted molar refractivity (Wildman–Crippen MR) is 125 cm³/mol. The van der Waals surface area contributed by atoms with Gasteiger partial charge in [0, 0.05) is 53.4 Å². The summed E-state index contributed by atoms with van der Waals surface area (Å²) >= 11 is 1.60. The molecule has 3 heterocycles. The van der Waals surface area contributed by atoms with Crippen molar-refractivity contribution in [2.75, 3.05) is 18.4 Å². The number of carbonyl (C=O) groups excluding carboxylic acids is 1. The zero-order chi connectivity index (χ0) is 22.5. The third kappa shape index (κ3) is 4.92. The van der Waals surface area contributed by atoms with Gasteiger partial charge in [-0.25, -0.2) is 4.39 Å². The number of pyridine rings is 2. The van der Waals surface area contributed by atoms with E-state index in [2.05, 4.69) is 40.1 Å². The molecule has 4 rings (SSSR count). The lowest BCUT2D eigenvalue weighted by Gasteiger charge is -2.16. The van der Waals surface area contributed by atoms with Crippen molar-refractivity contribution < 1.29 is 13.9 Å². The summed E-state index contributed by atoms with van der Waals surface area (Å²) in [5.41, 5.74) is 1.61.